The van der Waals surface area contributed by atoms with Crippen LogP contribution in [-0.2, 0) is 11.3 Å². The molecule has 0 radical (unpaired) electrons. The van der Waals surface area contributed by atoms with Crippen LogP contribution in [0.3, 0.4) is 0 Å². The maximum absolute atomic E-state index is 14.9. The van der Waals surface area contributed by atoms with E-state index in [2.05, 4.69) is 20.9 Å². The number of nitrogens with zero attached hydrogens (tertiary/aromatic N) is 4. The van der Waals surface area contributed by atoms with E-state index >= 15 is 0 Å². The fourth-order valence-corrected chi connectivity index (χ4v) is 4.53. The normalized spacial score (nSPS) is 13.4. The summed E-state index contributed by atoms with van der Waals surface area (Å²) in [6.07, 6.45) is -5.08. The first-order chi connectivity index (χ1) is 21.4. The topological polar surface area (TPSA) is 140 Å². The first-order valence-corrected chi connectivity index (χ1v) is 14.0. The Hall–Kier alpha value is -4.86. The number of likely N-dealkylation sites (N-methyl/N-ethyl adjacent to an activating group) is 1. The highest BCUT2D eigenvalue weighted by Crippen LogP contribution is 2.39. The van der Waals surface area contributed by atoms with Gasteiger partial charge >= 0.3 is 18.2 Å². The van der Waals surface area contributed by atoms with Crippen molar-refractivity contribution < 1.29 is 41.4 Å². The zero-order valence-electron chi connectivity index (χ0n) is 25.9. The van der Waals surface area contributed by atoms with Crippen molar-refractivity contribution in [2.24, 2.45) is 0 Å². The Balaban J connectivity index is 0.000000738. The van der Waals surface area contributed by atoms with Crippen LogP contribution in [0.1, 0.15) is 42.3 Å². The molecule has 4 N–H and O–H groups in total. The molecule has 0 saturated heterocycles. The highest BCUT2D eigenvalue weighted by molar-refractivity contribution is 6.02. The number of aromatic nitrogens is 2. The van der Waals surface area contributed by atoms with E-state index in [1.807, 2.05) is 52.8 Å². The largest absolute Gasteiger partial charge is 0.490 e. The molecule has 1 aliphatic heterocycles. The molecule has 3 amide bonds. The SMILES string of the molecule is Cc1ccc(C(=O)NC(C)C)cc1-c1nc(NC(C)CN(C)C)nc2c1CNC(=O)N2c1c(F)cccc1F.O=C(O)C(F)(F)F. The summed E-state index contributed by atoms with van der Waals surface area (Å²) in [7, 11) is 3.86. The quantitative estimate of drug-likeness (QED) is 0.243. The molecule has 0 saturated carbocycles. The van der Waals surface area contributed by atoms with Crippen LogP contribution < -0.4 is 20.9 Å². The lowest BCUT2D eigenvalue weighted by Crippen LogP contribution is -2.43. The summed E-state index contributed by atoms with van der Waals surface area (Å²) in [6, 6.07) is 7.81. The van der Waals surface area contributed by atoms with Gasteiger partial charge in [-0.05, 0) is 71.6 Å². The Morgan fingerprint density at radius 3 is 2.24 bits per heavy atom. The lowest BCUT2D eigenvalue weighted by atomic mass is 9.97. The van der Waals surface area contributed by atoms with Crippen LogP contribution in [0.4, 0.5) is 44.2 Å². The molecule has 0 spiro atoms. The van der Waals surface area contributed by atoms with Crippen molar-refractivity contribution in [3.05, 3.63) is 64.7 Å². The number of carboxylic acid groups (broad SMARTS) is 1. The lowest BCUT2D eigenvalue weighted by molar-refractivity contribution is -0.192. The Labute approximate surface area is 261 Å². The van der Waals surface area contributed by atoms with Crippen molar-refractivity contribution in [3.8, 4) is 11.3 Å². The van der Waals surface area contributed by atoms with E-state index in [1.54, 1.807) is 12.1 Å². The molecule has 2 heterocycles. The van der Waals surface area contributed by atoms with E-state index in [0.29, 0.717) is 28.9 Å². The van der Waals surface area contributed by atoms with Gasteiger partial charge in [-0.2, -0.15) is 18.2 Å². The van der Waals surface area contributed by atoms with Gasteiger partial charge in [-0.15, -0.1) is 0 Å². The maximum Gasteiger partial charge on any atom is 0.490 e. The van der Waals surface area contributed by atoms with E-state index < -0.39 is 35.5 Å². The number of alkyl halides is 3. The van der Waals surface area contributed by atoms with Gasteiger partial charge in [-0.1, -0.05) is 12.1 Å². The second kappa shape index (κ2) is 14.5. The molecule has 16 heteroatoms. The van der Waals surface area contributed by atoms with Crippen molar-refractivity contribution in [1.29, 1.82) is 0 Å². The summed E-state index contributed by atoms with van der Waals surface area (Å²) in [5, 5.41) is 15.9. The van der Waals surface area contributed by atoms with E-state index in [4.69, 9.17) is 14.9 Å². The summed E-state index contributed by atoms with van der Waals surface area (Å²) in [5.74, 6) is -4.56. The predicted molar refractivity (Wildman–Crippen MR) is 161 cm³/mol. The fraction of sp³-hybridized carbons (Fsp3) is 0.367. The van der Waals surface area contributed by atoms with Crippen LogP contribution in [0.2, 0.25) is 0 Å². The third-order valence-corrected chi connectivity index (χ3v) is 6.41. The summed E-state index contributed by atoms with van der Waals surface area (Å²) >= 11 is 0. The zero-order valence-corrected chi connectivity index (χ0v) is 25.9. The second-order valence-corrected chi connectivity index (χ2v) is 11.0. The molecular formula is C30H34F5N7O4. The zero-order chi connectivity index (χ0) is 34.5. The standard InChI is InChI=1S/C28H33F2N7O2.C2HF3O2/c1-15(2)32-26(38)18-11-10-16(3)19(12-18)23-20-13-31-28(39)37(24-21(29)8-7-9-22(24)30)25(20)35-27(34-23)33-17(4)14-36(5)6;3-2(4,5)1(6)7/h7-12,15,17H,13-14H2,1-6H3,(H,31,39)(H,32,38)(H,33,34,35);(H,6,7). The number of hydrogen-bond donors (Lipinski definition) is 4. The molecule has 1 aromatic heterocycles. The molecule has 248 valence electrons. The number of hydrogen-bond acceptors (Lipinski definition) is 7. The molecule has 0 bridgehead atoms. The number of nitrogens with one attached hydrogen (secondary N) is 3. The number of urea groups is 1. The van der Waals surface area contributed by atoms with Crippen LogP contribution in [-0.4, -0.2) is 76.8 Å². The Bertz CT molecular complexity index is 1590. The molecule has 3 aromatic rings. The summed E-state index contributed by atoms with van der Waals surface area (Å²) in [4.78, 5) is 47.0. The predicted octanol–water partition coefficient (Wildman–Crippen LogP) is 5.23. The molecule has 46 heavy (non-hydrogen) atoms. The maximum atomic E-state index is 14.9. The van der Waals surface area contributed by atoms with E-state index in [-0.39, 0.29) is 36.3 Å². The van der Waals surface area contributed by atoms with Crippen molar-refractivity contribution in [2.75, 3.05) is 30.9 Å². The number of fused-ring (bicyclic) bond motifs is 1. The number of carbonyl (C=O) groups is 3. The molecule has 2 aromatic carbocycles. The Morgan fingerprint density at radius 1 is 1.09 bits per heavy atom. The molecule has 4 rings (SSSR count). The number of amides is 3. The third kappa shape index (κ3) is 8.65. The fourth-order valence-electron chi connectivity index (χ4n) is 4.53. The van der Waals surface area contributed by atoms with Gasteiger partial charge < -0.3 is 26.0 Å². The number of carboxylic acids is 1. The second-order valence-electron chi connectivity index (χ2n) is 11.0. The van der Waals surface area contributed by atoms with Gasteiger partial charge in [0.15, 0.2) is 5.82 Å². The lowest BCUT2D eigenvalue weighted by Gasteiger charge is -2.31. The Morgan fingerprint density at radius 2 is 1.70 bits per heavy atom. The minimum absolute atomic E-state index is 0.0332. The average Bonchev–Trinajstić information content (AvgIpc) is 2.93. The number of para-hydroxylation sites is 1. The van der Waals surface area contributed by atoms with E-state index in [1.165, 1.54) is 6.07 Å². The minimum atomic E-state index is -5.08. The number of aryl methyl sites for hydroxylation is 1. The van der Waals surface area contributed by atoms with Crippen LogP contribution in [0.5, 0.6) is 0 Å². The minimum Gasteiger partial charge on any atom is -0.475 e. The van der Waals surface area contributed by atoms with Gasteiger partial charge in [0.2, 0.25) is 5.95 Å². The van der Waals surface area contributed by atoms with Crippen molar-refractivity contribution >= 4 is 35.4 Å². The number of carbonyl (C=O) groups excluding carboxylic acids is 2. The highest BCUT2D eigenvalue weighted by atomic mass is 19.4. The molecule has 1 unspecified atom stereocenters. The first kappa shape index (κ1) is 35.6. The average molecular weight is 652 g/mol. The van der Waals surface area contributed by atoms with E-state index in [0.717, 1.165) is 22.6 Å². The van der Waals surface area contributed by atoms with Gasteiger partial charge in [-0.25, -0.2) is 28.3 Å². The summed E-state index contributed by atoms with van der Waals surface area (Å²) < 4.78 is 61.6. The van der Waals surface area contributed by atoms with Crippen LogP contribution in [0.25, 0.3) is 11.3 Å². The molecule has 1 atom stereocenters. The van der Waals surface area contributed by atoms with Gasteiger partial charge in [0, 0.05) is 35.3 Å². The number of anilines is 3. The van der Waals surface area contributed by atoms with Crippen molar-refractivity contribution in [3.63, 3.8) is 0 Å². The monoisotopic (exact) mass is 651 g/mol. The number of aliphatic carboxylic acids is 1. The van der Waals surface area contributed by atoms with Crippen LogP contribution in [0, 0.1) is 18.6 Å². The van der Waals surface area contributed by atoms with Gasteiger partial charge in [0.05, 0.1) is 12.2 Å². The first-order valence-electron chi connectivity index (χ1n) is 14.0. The third-order valence-electron chi connectivity index (χ3n) is 6.41. The van der Waals surface area contributed by atoms with Crippen molar-refractivity contribution in [2.45, 2.75) is 52.5 Å². The van der Waals surface area contributed by atoms with Gasteiger partial charge in [0.1, 0.15) is 17.3 Å². The Kier molecular flexibility index (Phi) is 11.2. The summed E-state index contributed by atoms with van der Waals surface area (Å²) in [5.41, 5.74) is 2.27. The van der Waals surface area contributed by atoms with E-state index in [9.17, 15) is 31.5 Å². The van der Waals surface area contributed by atoms with Gasteiger partial charge in [-0.3, -0.25) is 4.79 Å². The van der Waals surface area contributed by atoms with Crippen molar-refractivity contribution in [1.82, 2.24) is 25.5 Å². The molecule has 11 nitrogen and oxygen atoms in total. The molecule has 0 fully saturated rings. The molecule has 1 aliphatic rings. The highest BCUT2D eigenvalue weighted by Gasteiger charge is 2.38. The van der Waals surface area contributed by atoms with Gasteiger partial charge in [0.25, 0.3) is 5.91 Å². The summed E-state index contributed by atoms with van der Waals surface area (Å²) in [6.45, 7) is 8.27. The smallest absolute Gasteiger partial charge is 0.475 e. The number of benzene rings is 2. The number of halogens is 5. The molecular weight excluding hydrogens is 617 g/mol. The van der Waals surface area contributed by atoms with Crippen LogP contribution >= 0.6 is 0 Å². The number of rotatable bonds is 8. The molecule has 0 aliphatic carbocycles. The van der Waals surface area contributed by atoms with Crippen LogP contribution in [0.15, 0.2) is 36.4 Å².